The average molecular weight is 653 g/mol. The molecular formula is C47H32N4. The van der Waals surface area contributed by atoms with Crippen molar-refractivity contribution in [2.24, 2.45) is 0 Å². The number of fused-ring (bicyclic) bond motifs is 4. The van der Waals surface area contributed by atoms with Gasteiger partial charge in [0.1, 0.15) is 0 Å². The van der Waals surface area contributed by atoms with Crippen LogP contribution in [0.3, 0.4) is 0 Å². The van der Waals surface area contributed by atoms with E-state index >= 15 is 0 Å². The van der Waals surface area contributed by atoms with Crippen LogP contribution < -0.4 is 0 Å². The van der Waals surface area contributed by atoms with Crippen LogP contribution in [0.1, 0.15) is 30.5 Å². The number of hydrogen-bond acceptors (Lipinski definition) is 4. The first kappa shape index (κ1) is 30.4. The van der Waals surface area contributed by atoms with Crippen LogP contribution in [0.25, 0.3) is 78.2 Å². The molecule has 0 saturated heterocycles. The summed E-state index contributed by atoms with van der Waals surface area (Å²) in [6.45, 7) is 4.51. The summed E-state index contributed by atoms with van der Waals surface area (Å²) in [6.07, 6.45) is 1.83. The van der Waals surface area contributed by atoms with E-state index in [2.05, 4.69) is 122 Å². The molecule has 1 aliphatic carbocycles. The van der Waals surface area contributed by atoms with E-state index in [9.17, 15) is 5.26 Å². The normalized spacial score (nSPS) is 12.6. The number of hydrogen-bond donors (Lipinski definition) is 0. The lowest BCUT2D eigenvalue weighted by molar-refractivity contribution is 0.660. The van der Waals surface area contributed by atoms with Crippen molar-refractivity contribution in [2.75, 3.05) is 0 Å². The maximum absolute atomic E-state index is 9.65. The van der Waals surface area contributed by atoms with Crippen molar-refractivity contribution >= 4 is 10.9 Å². The van der Waals surface area contributed by atoms with E-state index in [0.717, 1.165) is 61.2 Å². The van der Waals surface area contributed by atoms with Crippen LogP contribution in [0.4, 0.5) is 0 Å². The van der Waals surface area contributed by atoms with E-state index in [1.807, 2.05) is 60.8 Å². The zero-order valence-electron chi connectivity index (χ0n) is 28.3. The monoisotopic (exact) mass is 652 g/mol. The summed E-state index contributed by atoms with van der Waals surface area (Å²) in [5.74, 6) is 0.685. The van der Waals surface area contributed by atoms with Gasteiger partial charge in [-0.2, -0.15) is 5.26 Å². The third-order valence-electron chi connectivity index (χ3n) is 10.1. The molecule has 6 aromatic carbocycles. The van der Waals surface area contributed by atoms with Crippen molar-refractivity contribution in [3.05, 3.63) is 175 Å². The second kappa shape index (κ2) is 12.0. The second-order valence-corrected chi connectivity index (χ2v) is 13.7. The molecule has 0 spiro atoms. The maximum Gasteiger partial charge on any atom is 0.160 e. The smallest absolute Gasteiger partial charge is 0.160 e. The van der Waals surface area contributed by atoms with Crippen molar-refractivity contribution in [3.8, 4) is 73.4 Å². The number of rotatable bonds is 5. The molecule has 0 amide bonds. The topological polar surface area (TPSA) is 62.5 Å². The van der Waals surface area contributed by atoms with Gasteiger partial charge in [0.2, 0.25) is 0 Å². The Morgan fingerprint density at radius 1 is 0.490 bits per heavy atom. The number of pyridine rings is 1. The lowest BCUT2D eigenvalue weighted by atomic mass is 9.81. The molecule has 9 rings (SSSR count). The van der Waals surface area contributed by atoms with Crippen LogP contribution in [0.5, 0.6) is 0 Å². The number of nitriles is 1. The molecule has 240 valence electrons. The van der Waals surface area contributed by atoms with Crippen molar-refractivity contribution in [1.29, 1.82) is 5.26 Å². The van der Waals surface area contributed by atoms with Crippen molar-refractivity contribution in [3.63, 3.8) is 0 Å². The Morgan fingerprint density at radius 3 is 1.82 bits per heavy atom. The molecule has 0 atom stereocenters. The van der Waals surface area contributed by atoms with Gasteiger partial charge in [0.05, 0.1) is 28.5 Å². The van der Waals surface area contributed by atoms with Gasteiger partial charge in [-0.1, -0.05) is 105 Å². The van der Waals surface area contributed by atoms with Gasteiger partial charge >= 0.3 is 0 Å². The number of nitrogens with zero attached hydrogens (tertiary/aromatic N) is 4. The Morgan fingerprint density at radius 2 is 1.10 bits per heavy atom. The lowest BCUT2D eigenvalue weighted by Crippen LogP contribution is -2.15. The molecule has 0 aliphatic heterocycles. The van der Waals surface area contributed by atoms with Gasteiger partial charge < -0.3 is 0 Å². The molecular weight excluding hydrogens is 621 g/mol. The Balaban J connectivity index is 1.25. The second-order valence-electron chi connectivity index (χ2n) is 13.7. The van der Waals surface area contributed by atoms with Crippen LogP contribution in [0, 0.1) is 11.3 Å². The number of aromatic nitrogens is 3. The molecule has 8 aromatic rings. The summed E-state index contributed by atoms with van der Waals surface area (Å²) >= 11 is 0. The summed E-state index contributed by atoms with van der Waals surface area (Å²) in [5.41, 5.74) is 15.4. The fourth-order valence-corrected chi connectivity index (χ4v) is 7.42. The van der Waals surface area contributed by atoms with Gasteiger partial charge in [-0.05, 0) is 105 Å². The highest BCUT2D eigenvalue weighted by Gasteiger charge is 2.35. The predicted octanol–water partition coefficient (Wildman–Crippen LogP) is 11.5. The van der Waals surface area contributed by atoms with E-state index < -0.39 is 0 Å². The summed E-state index contributed by atoms with van der Waals surface area (Å²) in [5, 5.41) is 10.7. The van der Waals surface area contributed by atoms with Gasteiger partial charge in [0, 0.05) is 33.7 Å². The minimum Gasteiger partial charge on any atom is -0.256 e. The Hall–Kier alpha value is -6.70. The molecule has 0 N–H and O–H groups in total. The summed E-state index contributed by atoms with van der Waals surface area (Å²) in [6, 6.07) is 55.1. The summed E-state index contributed by atoms with van der Waals surface area (Å²) in [7, 11) is 0. The zero-order chi connectivity index (χ0) is 34.5. The van der Waals surface area contributed by atoms with E-state index in [1.165, 1.54) is 22.3 Å². The highest BCUT2D eigenvalue weighted by Crippen LogP contribution is 2.50. The van der Waals surface area contributed by atoms with E-state index in [1.54, 1.807) is 0 Å². The highest BCUT2D eigenvalue weighted by molar-refractivity contribution is 5.89. The fourth-order valence-electron chi connectivity index (χ4n) is 7.42. The maximum atomic E-state index is 9.65. The third kappa shape index (κ3) is 5.37. The summed E-state index contributed by atoms with van der Waals surface area (Å²) in [4.78, 5) is 14.8. The SMILES string of the molecule is CC1(C)c2cc(C#N)ccc2-c2ccc(-c3cc(-c4ccc5ncccc5c4)cc(-c4cc(-c5ccccc5)nc(-c5ccccc5)n4)c3)cc21. The number of benzene rings is 6. The van der Waals surface area contributed by atoms with Gasteiger partial charge in [-0.25, -0.2) is 9.97 Å². The van der Waals surface area contributed by atoms with Crippen molar-refractivity contribution < 1.29 is 0 Å². The molecule has 0 unspecified atom stereocenters. The molecule has 2 aromatic heterocycles. The largest absolute Gasteiger partial charge is 0.256 e. The van der Waals surface area contributed by atoms with Gasteiger partial charge in [0.15, 0.2) is 5.82 Å². The first-order valence-electron chi connectivity index (χ1n) is 17.2. The Kier molecular flexibility index (Phi) is 7.15. The first-order valence-corrected chi connectivity index (χ1v) is 17.2. The highest BCUT2D eigenvalue weighted by atomic mass is 14.9. The van der Waals surface area contributed by atoms with Crippen molar-refractivity contribution in [1.82, 2.24) is 15.0 Å². The lowest BCUT2D eigenvalue weighted by Gasteiger charge is -2.22. The molecule has 4 nitrogen and oxygen atoms in total. The van der Waals surface area contributed by atoms with Crippen LogP contribution in [-0.4, -0.2) is 15.0 Å². The minimum atomic E-state index is -0.249. The molecule has 0 saturated carbocycles. The molecule has 4 heteroatoms. The van der Waals surface area contributed by atoms with Crippen LogP contribution >= 0.6 is 0 Å². The molecule has 0 bridgehead atoms. The minimum absolute atomic E-state index is 0.249. The van der Waals surface area contributed by atoms with Crippen LogP contribution in [0.2, 0.25) is 0 Å². The average Bonchev–Trinajstić information content (AvgIpc) is 3.42. The molecule has 0 fully saturated rings. The van der Waals surface area contributed by atoms with Gasteiger partial charge in [-0.3, -0.25) is 4.98 Å². The van der Waals surface area contributed by atoms with E-state index in [4.69, 9.17) is 9.97 Å². The van der Waals surface area contributed by atoms with Gasteiger partial charge in [0.25, 0.3) is 0 Å². The van der Waals surface area contributed by atoms with Crippen LogP contribution in [0.15, 0.2) is 158 Å². The fraction of sp³-hybridized carbons (Fsp3) is 0.0638. The Bertz CT molecular complexity index is 2610. The third-order valence-corrected chi connectivity index (χ3v) is 10.1. The predicted molar refractivity (Wildman–Crippen MR) is 207 cm³/mol. The quantitative estimate of drug-likeness (QED) is 0.186. The van der Waals surface area contributed by atoms with E-state index in [-0.39, 0.29) is 5.41 Å². The van der Waals surface area contributed by atoms with E-state index in [0.29, 0.717) is 11.4 Å². The van der Waals surface area contributed by atoms with Crippen molar-refractivity contribution in [2.45, 2.75) is 19.3 Å². The molecule has 51 heavy (non-hydrogen) atoms. The Labute approximate surface area is 297 Å². The molecule has 0 radical (unpaired) electrons. The van der Waals surface area contributed by atoms with Gasteiger partial charge in [-0.15, -0.1) is 0 Å². The zero-order valence-corrected chi connectivity index (χ0v) is 28.3. The molecule has 1 aliphatic rings. The van der Waals surface area contributed by atoms with Crippen LogP contribution in [-0.2, 0) is 5.41 Å². The summed E-state index contributed by atoms with van der Waals surface area (Å²) < 4.78 is 0. The first-order chi connectivity index (χ1) is 24.9. The standard InChI is InChI=1S/C47H32N4/c1-47(2)41-22-30(29-48)15-18-39(41)40-19-16-34(27-42(40)47)37-24-36(33-17-20-43-35(23-33)14-9-21-49-43)25-38(26-37)45-28-44(31-10-5-3-6-11-31)50-46(51-45)32-12-7-4-8-13-32/h3-28H,1-2H3. The molecule has 2 heterocycles.